The molecule has 0 bridgehead atoms. The Hall–Kier alpha value is -0.949. The molecule has 0 aromatic heterocycles. The van der Waals surface area contributed by atoms with Crippen molar-refractivity contribution in [3.63, 3.8) is 0 Å². The molecule has 0 atom stereocenters. The first kappa shape index (κ1) is 19.4. The Kier molecular flexibility index (Phi) is 4.50. The van der Waals surface area contributed by atoms with Gasteiger partial charge in [0.05, 0.1) is 8.07 Å². The molecule has 0 radical (unpaired) electrons. The lowest BCUT2D eigenvalue weighted by atomic mass is 9.96. The predicted octanol–water partition coefficient (Wildman–Crippen LogP) is 6.61. The fraction of sp³-hybridized carbons (Fsp3) is 0.478. The maximum Gasteiger partial charge on any atom is 0.183 e. The summed E-state index contributed by atoms with van der Waals surface area (Å²) in [6.45, 7) is 18.0. The van der Waals surface area contributed by atoms with Crippen LogP contribution >= 0.6 is 0 Å². The van der Waals surface area contributed by atoms with Crippen LogP contribution in [0.25, 0.3) is 10.8 Å². The van der Waals surface area contributed by atoms with E-state index >= 15 is 0 Å². The second-order valence-corrected chi connectivity index (χ2v) is 24.3. The van der Waals surface area contributed by atoms with Gasteiger partial charge < -0.3 is 4.43 Å². The van der Waals surface area contributed by atoms with E-state index in [0.717, 1.165) is 13.0 Å². The summed E-state index contributed by atoms with van der Waals surface area (Å²) >= 11 is 0. The first-order valence-corrected chi connectivity index (χ1v) is 20.0. The highest BCUT2D eigenvalue weighted by molar-refractivity contribution is 7.13. The Morgan fingerprint density at radius 2 is 1.81 bits per heavy atom. The van der Waals surface area contributed by atoms with Gasteiger partial charge in [0.15, 0.2) is 8.32 Å². The zero-order chi connectivity index (χ0) is 19.6. The zero-order valence-electron chi connectivity index (χ0n) is 18.1. The fourth-order valence-electron chi connectivity index (χ4n) is 4.95. The summed E-state index contributed by atoms with van der Waals surface area (Å²) in [5, 5.41) is 5.27. The molecule has 1 aromatic carbocycles. The number of hydrogen-bond acceptors (Lipinski definition) is 1. The van der Waals surface area contributed by atoms with Crippen LogP contribution in [-0.2, 0) is 10.8 Å². The van der Waals surface area contributed by atoms with Gasteiger partial charge in [0.2, 0.25) is 0 Å². The number of allylic oxidation sites excluding steroid dienone is 5. The number of hydrogen-bond donors (Lipinski definition) is 0. The van der Waals surface area contributed by atoms with E-state index in [9.17, 15) is 0 Å². The van der Waals surface area contributed by atoms with E-state index in [1.54, 1.807) is 32.7 Å². The summed E-state index contributed by atoms with van der Waals surface area (Å²) < 4.78 is 6.22. The Morgan fingerprint density at radius 1 is 1.07 bits per heavy atom. The minimum atomic E-state index is -1.51. The molecule has 0 amide bonds. The molecule has 27 heavy (non-hydrogen) atoms. The van der Waals surface area contributed by atoms with E-state index < -0.39 is 24.5 Å². The van der Waals surface area contributed by atoms with E-state index in [-0.39, 0.29) is 0 Å². The van der Waals surface area contributed by atoms with Gasteiger partial charge in [-0.3, -0.25) is 0 Å². The number of benzene rings is 1. The van der Waals surface area contributed by atoms with Crippen LogP contribution in [0.15, 0.2) is 40.7 Å². The SMILES string of the molecule is C[Si](C)(C)OCC[Si](C)(C)C1=C(c2cccc3c2C2=C(C3)[Si]2(C)C)CC=C1. The fourth-order valence-corrected chi connectivity index (χ4v) is 12.0. The van der Waals surface area contributed by atoms with E-state index in [1.807, 2.05) is 5.20 Å². The molecule has 144 valence electrons. The van der Waals surface area contributed by atoms with Gasteiger partial charge in [-0.25, -0.2) is 0 Å². The Balaban J connectivity index is 1.67. The predicted molar refractivity (Wildman–Crippen MR) is 127 cm³/mol. The van der Waals surface area contributed by atoms with Crippen molar-refractivity contribution in [3.05, 3.63) is 57.4 Å². The molecule has 0 N–H and O–H groups in total. The largest absolute Gasteiger partial charge is 0.418 e. The zero-order valence-corrected chi connectivity index (χ0v) is 21.1. The molecule has 0 saturated carbocycles. The highest BCUT2D eigenvalue weighted by Gasteiger charge is 2.52. The second kappa shape index (κ2) is 6.28. The van der Waals surface area contributed by atoms with Gasteiger partial charge in [0, 0.05) is 6.61 Å². The number of rotatable bonds is 6. The van der Waals surface area contributed by atoms with Crippen molar-refractivity contribution in [1.82, 2.24) is 0 Å². The van der Waals surface area contributed by atoms with Crippen LogP contribution in [0.4, 0.5) is 0 Å². The third-order valence-corrected chi connectivity index (χ3v) is 14.6. The van der Waals surface area contributed by atoms with E-state index in [4.69, 9.17) is 4.43 Å². The molecular weight excluding hydrogens is 377 g/mol. The Labute approximate surface area is 168 Å². The summed E-state index contributed by atoms with van der Waals surface area (Å²) in [6.07, 6.45) is 7.20. The van der Waals surface area contributed by atoms with Crippen molar-refractivity contribution in [3.8, 4) is 0 Å². The van der Waals surface area contributed by atoms with Gasteiger partial charge in [-0.15, -0.1) is 0 Å². The molecule has 3 aliphatic rings. The third kappa shape index (κ3) is 3.35. The van der Waals surface area contributed by atoms with Crippen molar-refractivity contribution in [1.29, 1.82) is 0 Å². The van der Waals surface area contributed by atoms with Gasteiger partial charge in [-0.2, -0.15) is 0 Å². The molecular formula is C23H34OSi3. The molecule has 1 aliphatic heterocycles. The summed E-state index contributed by atoms with van der Waals surface area (Å²) in [7, 11) is -4.10. The summed E-state index contributed by atoms with van der Waals surface area (Å²) in [6, 6.07) is 8.29. The van der Waals surface area contributed by atoms with Gasteiger partial charge >= 0.3 is 0 Å². The average molecular weight is 411 g/mol. The summed E-state index contributed by atoms with van der Waals surface area (Å²) in [5.74, 6) is 0. The number of fused-ring (bicyclic) bond motifs is 2. The van der Waals surface area contributed by atoms with Crippen LogP contribution in [0.3, 0.4) is 0 Å². The van der Waals surface area contributed by atoms with Crippen LogP contribution in [0.1, 0.15) is 23.1 Å². The molecule has 1 aromatic rings. The monoisotopic (exact) mass is 410 g/mol. The van der Waals surface area contributed by atoms with Gasteiger partial charge in [-0.05, 0) is 60.8 Å². The molecule has 0 saturated heterocycles. The lowest BCUT2D eigenvalue weighted by Gasteiger charge is -2.28. The second-order valence-electron chi connectivity index (χ2n) is 10.6. The smallest absolute Gasteiger partial charge is 0.183 e. The minimum Gasteiger partial charge on any atom is -0.418 e. The third-order valence-electron chi connectivity index (χ3n) is 6.63. The molecule has 4 heteroatoms. The van der Waals surface area contributed by atoms with Crippen molar-refractivity contribution in [2.75, 3.05) is 6.61 Å². The van der Waals surface area contributed by atoms with Crippen LogP contribution < -0.4 is 0 Å². The molecule has 1 nitrogen and oxygen atoms in total. The van der Waals surface area contributed by atoms with Crippen LogP contribution in [0, 0.1) is 0 Å². The van der Waals surface area contributed by atoms with Crippen LogP contribution in [0.2, 0.25) is 51.9 Å². The van der Waals surface area contributed by atoms with Crippen molar-refractivity contribution in [2.45, 2.75) is 64.7 Å². The van der Waals surface area contributed by atoms with E-state index in [1.165, 1.54) is 12.5 Å². The standard InChI is InChI=1S/C23H34OSi3/c1-25(2,3)24-14-15-26(4,5)20-13-9-11-18(20)19-12-8-10-17-16-21-23(22(17)19)27(21,6)7/h8-10,12-13H,11,14-16H2,1-7H3. The normalized spacial score (nSPS) is 20.4. The first-order chi connectivity index (χ1) is 12.5. The maximum absolute atomic E-state index is 6.22. The Morgan fingerprint density at radius 3 is 2.52 bits per heavy atom. The Bertz CT molecular complexity index is 895. The van der Waals surface area contributed by atoms with Gasteiger partial charge in [0.25, 0.3) is 0 Å². The van der Waals surface area contributed by atoms with Crippen molar-refractivity contribution in [2.24, 2.45) is 0 Å². The van der Waals surface area contributed by atoms with Crippen molar-refractivity contribution >= 4 is 35.2 Å². The molecule has 0 unspecified atom stereocenters. The maximum atomic E-state index is 6.22. The van der Waals surface area contributed by atoms with Crippen LogP contribution in [0.5, 0.6) is 0 Å². The highest BCUT2D eigenvalue weighted by Crippen LogP contribution is 2.58. The quantitative estimate of drug-likeness (QED) is 0.479. The van der Waals surface area contributed by atoms with E-state index in [2.05, 4.69) is 76.2 Å². The van der Waals surface area contributed by atoms with E-state index in [0.29, 0.717) is 0 Å². The summed E-state index contributed by atoms with van der Waals surface area (Å²) in [5.41, 5.74) is 6.41. The lowest BCUT2D eigenvalue weighted by molar-refractivity contribution is 0.332. The van der Waals surface area contributed by atoms with Crippen molar-refractivity contribution < 1.29 is 4.43 Å². The topological polar surface area (TPSA) is 9.23 Å². The molecule has 0 fully saturated rings. The lowest BCUT2D eigenvalue weighted by Crippen LogP contribution is -2.33. The molecule has 2 aliphatic carbocycles. The molecule has 0 spiro atoms. The van der Waals surface area contributed by atoms with Gasteiger partial charge in [0.1, 0.15) is 8.07 Å². The van der Waals surface area contributed by atoms with Crippen LogP contribution in [-0.4, -0.2) is 31.1 Å². The molecule has 4 rings (SSSR count). The summed E-state index contributed by atoms with van der Waals surface area (Å²) in [4.78, 5) is 0. The molecule has 1 heterocycles. The minimum absolute atomic E-state index is 0.932. The highest BCUT2D eigenvalue weighted by atomic mass is 28.4. The first-order valence-electron chi connectivity index (χ1n) is 10.4. The average Bonchev–Trinajstić information content (AvgIpc) is 2.99. The van der Waals surface area contributed by atoms with Gasteiger partial charge in [-0.1, -0.05) is 72.1 Å².